The van der Waals surface area contributed by atoms with Crippen LogP contribution in [0.3, 0.4) is 0 Å². The minimum absolute atomic E-state index is 0.00764. The smallest absolute Gasteiger partial charge is 0.369 e. The van der Waals surface area contributed by atoms with Gasteiger partial charge in [0.2, 0.25) is 5.28 Å². The van der Waals surface area contributed by atoms with E-state index in [-0.39, 0.29) is 5.82 Å². The lowest BCUT2D eigenvalue weighted by atomic mass is 10.3. The summed E-state index contributed by atoms with van der Waals surface area (Å²) < 4.78 is 39.2. The Morgan fingerprint density at radius 3 is 2.70 bits per heavy atom. The normalized spacial score (nSPS) is 11.7. The molecule has 0 aliphatic heterocycles. The van der Waals surface area contributed by atoms with Crippen LogP contribution in [0.25, 0.3) is 0 Å². The van der Waals surface area contributed by atoms with E-state index in [2.05, 4.69) is 25.4 Å². The van der Waals surface area contributed by atoms with E-state index < -0.39 is 17.2 Å². The van der Waals surface area contributed by atoms with Crippen molar-refractivity contribution in [2.24, 2.45) is 7.05 Å². The molecule has 1 N–H and O–H groups in total. The molecule has 0 aliphatic carbocycles. The molecule has 10 heteroatoms. The van der Waals surface area contributed by atoms with E-state index in [1.54, 1.807) is 18.1 Å². The van der Waals surface area contributed by atoms with Gasteiger partial charge in [0.15, 0.2) is 11.5 Å². The first-order chi connectivity index (χ1) is 9.34. The number of nitrogens with zero attached hydrogens (tertiary/aromatic N) is 5. The van der Waals surface area contributed by atoms with Crippen molar-refractivity contribution in [3.05, 3.63) is 29.2 Å². The van der Waals surface area contributed by atoms with Gasteiger partial charge in [-0.05, 0) is 11.6 Å². The first kappa shape index (κ1) is 14.5. The Balaban J connectivity index is 2.00. The molecule has 0 fully saturated rings. The standard InChI is InChI=1S/C10H10ClF3N6/c1-20-5-16-7(19-20)2-3-15-8-4-6(10(12,13)14)17-9(11)18-8/h4-5H,2-3H2,1H3,(H,15,17,18). The minimum atomic E-state index is -4.56. The Kier molecular flexibility index (Phi) is 4.07. The number of rotatable bonds is 4. The Labute approximate surface area is 117 Å². The van der Waals surface area contributed by atoms with E-state index >= 15 is 0 Å². The Morgan fingerprint density at radius 2 is 2.10 bits per heavy atom. The van der Waals surface area contributed by atoms with Crippen LogP contribution in [0.4, 0.5) is 19.0 Å². The van der Waals surface area contributed by atoms with Crippen molar-refractivity contribution in [1.82, 2.24) is 24.7 Å². The van der Waals surface area contributed by atoms with Crippen LogP contribution in [0.2, 0.25) is 5.28 Å². The zero-order valence-electron chi connectivity index (χ0n) is 10.3. The van der Waals surface area contributed by atoms with Crippen molar-refractivity contribution < 1.29 is 13.2 Å². The van der Waals surface area contributed by atoms with Crippen molar-refractivity contribution in [3.63, 3.8) is 0 Å². The molecule has 0 atom stereocenters. The highest BCUT2D eigenvalue weighted by atomic mass is 35.5. The zero-order valence-corrected chi connectivity index (χ0v) is 11.1. The van der Waals surface area contributed by atoms with E-state index in [1.807, 2.05) is 0 Å². The van der Waals surface area contributed by atoms with Gasteiger partial charge in [0, 0.05) is 26.1 Å². The summed E-state index contributed by atoms with van der Waals surface area (Å²) in [4.78, 5) is 10.8. The molecule has 0 radical (unpaired) electrons. The van der Waals surface area contributed by atoms with Crippen LogP contribution < -0.4 is 5.32 Å². The van der Waals surface area contributed by atoms with Crippen LogP contribution in [-0.4, -0.2) is 31.3 Å². The van der Waals surface area contributed by atoms with Crippen molar-refractivity contribution >= 4 is 17.4 Å². The number of hydrogen-bond donors (Lipinski definition) is 1. The highest BCUT2D eigenvalue weighted by molar-refractivity contribution is 6.28. The third-order valence-corrected chi connectivity index (χ3v) is 2.46. The third-order valence-electron chi connectivity index (χ3n) is 2.29. The molecule has 0 aromatic carbocycles. The molecule has 2 aromatic heterocycles. The van der Waals surface area contributed by atoms with Crippen molar-refractivity contribution in [1.29, 1.82) is 0 Å². The van der Waals surface area contributed by atoms with E-state index in [0.717, 1.165) is 6.07 Å². The number of anilines is 1. The summed E-state index contributed by atoms with van der Waals surface area (Å²) in [5, 5.41) is 6.31. The van der Waals surface area contributed by atoms with E-state index in [4.69, 9.17) is 11.6 Å². The van der Waals surface area contributed by atoms with Crippen LogP contribution >= 0.6 is 11.6 Å². The maximum absolute atomic E-state index is 12.5. The largest absolute Gasteiger partial charge is 0.433 e. The van der Waals surface area contributed by atoms with Crippen LogP contribution in [0, 0.1) is 0 Å². The monoisotopic (exact) mass is 306 g/mol. The molecule has 0 spiro atoms. The number of alkyl halides is 3. The first-order valence-electron chi connectivity index (χ1n) is 5.55. The van der Waals surface area contributed by atoms with Crippen LogP contribution in [0.5, 0.6) is 0 Å². The Morgan fingerprint density at radius 1 is 1.35 bits per heavy atom. The van der Waals surface area contributed by atoms with Gasteiger partial charge in [-0.3, -0.25) is 4.68 Å². The second-order valence-corrected chi connectivity index (χ2v) is 4.25. The summed E-state index contributed by atoms with van der Waals surface area (Å²) >= 11 is 5.47. The highest BCUT2D eigenvalue weighted by Crippen LogP contribution is 2.29. The van der Waals surface area contributed by atoms with E-state index in [9.17, 15) is 13.2 Å². The topological polar surface area (TPSA) is 68.5 Å². The molecule has 6 nitrogen and oxygen atoms in total. The molecule has 2 rings (SSSR count). The van der Waals surface area contributed by atoms with Crippen LogP contribution in [-0.2, 0) is 19.6 Å². The first-order valence-corrected chi connectivity index (χ1v) is 5.92. The maximum Gasteiger partial charge on any atom is 0.433 e. The van der Waals surface area contributed by atoms with Gasteiger partial charge in [-0.15, -0.1) is 0 Å². The SMILES string of the molecule is Cn1cnc(CCNc2cc(C(F)(F)F)nc(Cl)n2)n1. The fraction of sp³-hybridized carbons (Fsp3) is 0.400. The van der Waals surface area contributed by atoms with E-state index in [0.29, 0.717) is 18.8 Å². The third kappa shape index (κ3) is 3.80. The van der Waals surface area contributed by atoms with Gasteiger partial charge < -0.3 is 5.32 Å². The predicted molar refractivity (Wildman–Crippen MR) is 65.2 cm³/mol. The summed E-state index contributed by atoms with van der Waals surface area (Å²) in [6.45, 7) is 0.328. The molecule has 0 bridgehead atoms. The number of nitrogens with one attached hydrogen (secondary N) is 1. The Bertz CT molecular complexity index is 597. The van der Waals surface area contributed by atoms with Gasteiger partial charge >= 0.3 is 6.18 Å². The maximum atomic E-state index is 12.5. The molecular formula is C10H10ClF3N6. The predicted octanol–water partition coefficient (Wildman–Crippen LogP) is 1.93. The second kappa shape index (κ2) is 5.61. The second-order valence-electron chi connectivity index (χ2n) is 3.92. The average molecular weight is 307 g/mol. The van der Waals surface area contributed by atoms with Gasteiger partial charge in [-0.1, -0.05) is 0 Å². The molecule has 2 aromatic rings. The van der Waals surface area contributed by atoms with Crippen molar-refractivity contribution in [2.75, 3.05) is 11.9 Å². The lowest BCUT2D eigenvalue weighted by Crippen LogP contribution is -2.12. The fourth-order valence-electron chi connectivity index (χ4n) is 1.45. The molecule has 0 unspecified atom stereocenters. The molecule has 0 saturated heterocycles. The lowest BCUT2D eigenvalue weighted by molar-refractivity contribution is -0.141. The molecule has 2 heterocycles. The molecule has 0 amide bonds. The van der Waals surface area contributed by atoms with Crippen LogP contribution in [0.15, 0.2) is 12.4 Å². The molecule has 108 valence electrons. The average Bonchev–Trinajstić information content (AvgIpc) is 2.73. The number of hydrogen-bond acceptors (Lipinski definition) is 5. The summed E-state index contributed by atoms with van der Waals surface area (Å²) in [6.07, 6.45) is -2.58. The number of aromatic nitrogens is 5. The van der Waals surface area contributed by atoms with E-state index in [1.165, 1.54) is 0 Å². The molecule has 20 heavy (non-hydrogen) atoms. The van der Waals surface area contributed by atoms with Gasteiger partial charge in [0.25, 0.3) is 0 Å². The van der Waals surface area contributed by atoms with Gasteiger partial charge in [-0.2, -0.15) is 18.3 Å². The molecule has 0 aliphatic rings. The minimum Gasteiger partial charge on any atom is -0.369 e. The quantitative estimate of drug-likeness (QED) is 0.874. The highest BCUT2D eigenvalue weighted by Gasteiger charge is 2.33. The van der Waals surface area contributed by atoms with Crippen molar-refractivity contribution in [3.8, 4) is 0 Å². The van der Waals surface area contributed by atoms with Crippen molar-refractivity contribution in [2.45, 2.75) is 12.6 Å². The number of halogens is 4. The van der Waals surface area contributed by atoms with Gasteiger partial charge in [0.05, 0.1) is 0 Å². The molecular weight excluding hydrogens is 297 g/mol. The molecule has 0 saturated carbocycles. The Hall–Kier alpha value is -1.90. The number of aryl methyl sites for hydroxylation is 1. The zero-order chi connectivity index (χ0) is 14.8. The summed E-state index contributed by atoms with van der Waals surface area (Å²) in [7, 11) is 1.73. The fourth-order valence-corrected chi connectivity index (χ4v) is 1.64. The summed E-state index contributed by atoms with van der Waals surface area (Å²) in [5.74, 6) is 0.587. The van der Waals surface area contributed by atoms with Crippen LogP contribution in [0.1, 0.15) is 11.5 Å². The van der Waals surface area contributed by atoms with Gasteiger partial charge in [-0.25, -0.2) is 15.0 Å². The summed E-state index contributed by atoms with van der Waals surface area (Å²) in [6, 6.07) is 0.803. The lowest BCUT2D eigenvalue weighted by Gasteiger charge is -2.09. The summed E-state index contributed by atoms with van der Waals surface area (Å²) in [5.41, 5.74) is -1.09. The van der Waals surface area contributed by atoms with Gasteiger partial charge in [0.1, 0.15) is 12.1 Å².